The van der Waals surface area contributed by atoms with Crippen molar-refractivity contribution in [2.75, 3.05) is 0 Å². The fourth-order valence-corrected chi connectivity index (χ4v) is 0.932. The molecule has 0 amide bonds. The molecule has 0 heterocycles. The third kappa shape index (κ3) is 2.21. The summed E-state index contributed by atoms with van der Waals surface area (Å²) < 4.78 is 25.9. The quantitative estimate of drug-likeness (QED) is 0.507. The molecule has 1 aromatic rings. The van der Waals surface area contributed by atoms with Crippen LogP contribution in [0.3, 0.4) is 0 Å². The smallest absolute Gasteiger partial charge is 0.142 e. The lowest BCUT2D eigenvalue weighted by atomic mass is 10.1. The first-order chi connectivity index (χ1) is 6.15. The number of benzene rings is 1. The second-order valence-electron chi connectivity index (χ2n) is 2.62. The maximum Gasteiger partial charge on any atom is 0.142 e. The highest BCUT2D eigenvalue weighted by Crippen LogP contribution is 2.14. The van der Waals surface area contributed by atoms with Gasteiger partial charge >= 0.3 is 0 Å². The number of hydrogen-bond acceptors (Lipinski definition) is 1. The molecule has 68 valence electrons. The summed E-state index contributed by atoms with van der Waals surface area (Å²) in [5.74, 6) is -1.01. The second kappa shape index (κ2) is 3.94. The monoisotopic (exact) mass is 182 g/mol. The number of hydrogen-bond donors (Lipinski definition) is 0. The van der Waals surface area contributed by atoms with E-state index in [4.69, 9.17) is 0 Å². The molecule has 0 saturated carbocycles. The fraction of sp³-hybridized carbons (Fsp3) is 0.100. The van der Waals surface area contributed by atoms with Gasteiger partial charge in [0.1, 0.15) is 17.9 Å². The van der Waals surface area contributed by atoms with Crippen molar-refractivity contribution in [2.45, 2.75) is 6.92 Å². The SMILES string of the molecule is Cc1cc(F)c(/C=C/C=O)cc1F. The summed E-state index contributed by atoms with van der Waals surface area (Å²) in [5, 5.41) is 0. The molecule has 0 N–H and O–H groups in total. The van der Waals surface area contributed by atoms with Crippen LogP contribution in [0.4, 0.5) is 8.78 Å². The number of halogens is 2. The van der Waals surface area contributed by atoms with E-state index in [1.165, 1.54) is 13.0 Å². The van der Waals surface area contributed by atoms with Gasteiger partial charge in [-0.3, -0.25) is 4.79 Å². The van der Waals surface area contributed by atoms with Crippen LogP contribution >= 0.6 is 0 Å². The van der Waals surface area contributed by atoms with Crippen molar-refractivity contribution in [3.63, 3.8) is 0 Å². The van der Waals surface area contributed by atoms with Crippen LogP contribution in [0.25, 0.3) is 6.08 Å². The van der Waals surface area contributed by atoms with Crippen LogP contribution in [0.15, 0.2) is 18.2 Å². The summed E-state index contributed by atoms with van der Waals surface area (Å²) >= 11 is 0. The molecule has 0 aliphatic carbocycles. The van der Waals surface area contributed by atoms with E-state index >= 15 is 0 Å². The van der Waals surface area contributed by atoms with Gasteiger partial charge in [-0.05, 0) is 36.8 Å². The van der Waals surface area contributed by atoms with Gasteiger partial charge < -0.3 is 0 Å². The van der Waals surface area contributed by atoms with E-state index < -0.39 is 11.6 Å². The third-order valence-electron chi connectivity index (χ3n) is 1.63. The highest BCUT2D eigenvalue weighted by molar-refractivity contribution is 5.73. The fourth-order valence-electron chi connectivity index (χ4n) is 0.932. The minimum Gasteiger partial charge on any atom is -0.299 e. The summed E-state index contributed by atoms with van der Waals surface area (Å²) in [6.45, 7) is 1.48. The Morgan fingerprint density at radius 2 is 1.92 bits per heavy atom. The molecule has 0 aliphatic rings. The molecule has 0 aromatic heterocycles. The summed E-state index contributed by atoms with van der Waals surface area (Å²) in [5.41, 5.74) is 0.330. The Morgan fingerprint density at radius 1 is 1.23 bits per heavy atom. The lowest BCUT2D eigenvalue weighted by Crippen LogP contribution is -1.89. The number of carbonyl (C=O) groups is 1. The average Bonchev–Trinajstić information content (AvgIpc) is 2.09. The standard InChI is InChI=1S/C10H8F2O/c1-7-5-10(12)8(3-2-4-13)6-9(7)11/h2-6H,1H3/b3-2+. The molecule has 0 saturated heterocycles. The zero-order valence-electron chi connectivity index (χ0n) is 7.05. The van der Waals surface area contributed by atoms with Gasteiger partial charge in [0.05, 0.1) is 0 Å². The zero-order valence-corrected chi connectivity index (χ0v) is 7.05. The first-order valence-electron chi connectivity index (χ1n) is 3.72. The van der Waals surface area contributed by atoms with Gasteiger partial charge in [0.2, 0.25) is 0 Å². The Hall–Kier alpha value is -1.51. The van der Waals surface area contributed by atoms with Crippen molar-refractivity contribution in [1.29, 1.82) is 0 Å². The van der Waals surface area contributed by atoms with Crippen molar-refractivity contribution in [2.24, 2.45) is 0 Å². The summed E-state index contributed by atoms with van der Waals surface area (Å²) in [6.07, 6.45) is 2.86. The topological polar surface area (TPSA) is 17.1 Å². The van der Waals surface area contributed by atoms with E-state index in [-0.39, 0.29) is 11.1 Å². The Labute approximate surface area is 74.7 Å². The van der Waals surface area contributed by atoms with Crippen LogP contribution in [0.5, 0.6) is 0 Å². The Kier molecular flexibility index (Phi) is 2.90. The van der Waals surface area contributed by atoms with Crippen LogP contribution in [0.2, 0.25) is 0 Å². The van der Waals surface area contributed by atoms with Crippen LogP contribution in [-0.4, -0.2) is 6.29 Å². The molecule has 0 fully saturated rings. The van der Waals surface area contributed by atoms with E-state index in [1.807, 2.05) is 0 Å². The largest absolute Gasteiger partial charge is 0.299 e. The minimum absolute atomic E-state index is 0.0789. The van der Waals surface area contributed by atoms with Crippen LogP contribution in [0.1, 0.15) is 11.1 Å². The van der Waals surface area contributed by atoms with Gasteiger partial charge in [-0.2, -0.15) is 0 Å². The van der Waals surface area contributed by atoms with E-state index in [1.54, 1.807) is 0 Å². The van der Waals surface area contributed by atoms with Crippen LogP contribution in [0, 0.1) is 18.6 Å². The molecule has 0 unspecified atom stereocenters. The van der Waals surface area contributed by atoms with Gasteiger partial charge in [0.15, 0.2) is 0 Å². The predicted octanol–water partition coefficient (Wildman–Crippen LogP) is 2.49. The summed E-state index contributed by atoms with van der Waals surface area (Å²) in [7, 11) is 0. The third-order valence-corrected chi connectivity index (χ3v) is 1.63. The number of carbonyl (C=O) groups excluding carboxylic acids is 1. The van der Waals surface area contributed by atoms with Gasteiger partial charge in [0, 0.05) is 5.56 Å². The van der Waals surface area contributed by atoms with Crippen molar-refractivity contribution >= 4 is 12.4 Å². The first kappa shape index (κ1) is 9.58. The van der Waals surface area contributed by atoms with E-state index in [2.05, 4.69) is 0 Å². The summed E-state index contributed by atoms with van der Waals surface area (Å²) in [4.78, 5) is 9.94. The van der Waals surface area contributed by atoms with E-state index in [9.17, 15) is 13.6 Å². The summed E-state index contributed by atoms with van der Waals surface area (Å²) in [6, 6.07) is 2.16. The first-order valence-corrected chi connectivity index (χ1v) is 3.72. The number of aryl methyl sites for hydroxylation is 1. The van der Waals surface area contributed by atoms with Gasteiger partial charge in [-0.15, -0.1) is 0 Å². The second-order valence-corrected chi connectivity index (χ2v) is 2.62. The van der Waals surface area contributed by atoms with Gasteiger partial charge in [-0.25, -0.2) is 8.78 Å². The van der Waals surface area contributed by atoms with E-state index in [0.717, 1.165) is 18.2 Å². The maximum atomic E-state index is 13.0. The van der Waals surface area contributed by atoms with Gasteiger partial charge in [0.25, 0.3) is 0 Å². The Balaban J connectivity index is 3.15. The molecule has 3 heteroatoms. The van der Waals surface area contributed by atoms with Crippen LogP contribution < -0.4 is 0 Å². The normalized spacial score (nSPS) is 10.7. The molecule has 0 spiro atoms. The molecule has 13 heavy (non-hydrogen) atoms. The van der Waals surface area contributed by atoms with Crippen molar-refractivity contribution in [3.8, 4) is 0 Å². The number of allylic oxidation sites excluding steroid dienone is 1. The Morgan fingerprint density at radius 3 is 2.54 bits per heavy atom. The van der Waals surface area contributed by atoms with Gasteiger partial charge in [-0.1, -0.05) is 0 Å². The highest BCUT2D eigenvalue weighted by Gasteiger charge is 2.03. The molecule has 0 aliphatic heterocycles. The minimum atomic E-state index is -0.531. The lowest BCUT2D eigenvalue weighted by Gasteiger charge is -1.99. The molecule has 0 radical (unpaired) electrons. The van der Waals surface area contributed by atoms with E-state index in [0.29, 0.717) is 6.29 Å². The predicted molar refractivity (Wildman–Crippen MR) is 46.2 cm³/mol. The van der Waals surface area contributed by atoms with Crippen molar-refractivity contribution in [1.82, 2.24) is 0 Å². The highest BCUT2D eigenvalue weighted by atomic mass is 19.1. The zero-order chi connectivity index (χ0) is 9.84. The number of aldehydes is 1. The maximum absolute atomic E-state index is 13.0. The molecular formula is C10H8F2O. The molecule has 1 aromatic carbocycles. The van der Waals surface area contributed by atoms with Crippen molar-refractivity contribution < 1.29 is 13.6 Å². The molecule has 0 atom stereocenters. The van der Waals surface area contributed by atoms with Crippen LogP contribution in [-0.2, 0) is 4.79 Å². The average molecular weight is 182 g/mol. The Bertz CT molecular complexity index is 356. The molecule has 1 nitrogen and oxygen atoms in total. The molecule has 1 rings (SSSR count). The molecular weight excluding hydrogens is 174 g/mol. The lowest BCUT2D eigenvalue weighted by molar-refractivity contribution is -0.104. The molecule has 0 bridgehead atoms. The van der Waals surface area contributed by atoms with Crippen molar-refractivity contribution in [3.05, 3.63) is 41.0 Å². The number of rotatable bonds is 2.